The summed E-state index contributed by atoms with van der Waals surface area (Å²) >= 11 is 0. The smallest absolute Gasteiger partial charge is 0.455 e. The fraction of sp³-hybridized carbons (Fsp3) is 0.656. The van der Waals surface area contributed by atoms with E-state index in [0.29, 0.717) is 18.6 Å². The van der Waals surface area contributed by atoms with E-state index in [-0.39, 0.29) is 52.8 Å². The molecule has 2 aliphatic rings. The Bertz CT molecular complexity index is 2180. The molecule has 5 heterocycles. The maximum Gasteiger partial charge on any atom is 0.472 e. The molecule has 3 aromatic heterocycles. The van der Waals surface area contributed by atoms with Crippen LogP contribution in [0.15, 0.2) is 29.7 Å². The number of nitrogens with two attached hydrogens (primary N) is 4. The number of ether oxygens (including phenoxy) is 3. The van der Waals surface area contributed by atoms with E-state index in [9.17, 15) is 43.3 Å². The van der Waals surface area contributed by atoms with Crippen LogP contribution in [-0.4, -0.2) is 134 Å². The number of nitrogen functional groups attached to an aromatic ring is 2. The predicted octanol–water partition coefficient (Wildman–Crippen LogP) is -0.562. The van der Waals surface area contributed by atoms with Gasteiger partial charge in [-0.3, -0.25) is 32.3 Å². The van der Waals surface area contributed by atoms with Crippen LogP contribution in [0.3, 0.4) is 0 Å². The molecule has 2 fully saturated rings. The van der Waals surface area contributed by atoms with Gasteiger partial charge < -0.3 is 62.2 Å². The van der Waals surface area contributed by atoms with E-state index in [4.69, 9.17) is 46.2 Å². The number of phosphoric ester groups is 2. The van der Waals surface area contributed by atoms with Crippen LogP contribution in [0.5, 0.6) is 0 Å². The molecule has 346 valence electrons. The number of rotatable bonds is 21. The van der Waals surface area contributed by atoms with Gasteiger partial charge in [-0.25, -0.2) is 28.9 Å². The standard InChI is InChI=1S/C32H51N11O15P2S2/c1-32(2,3)62-61-13-17(34)28(45)37-8-5-4-6-16(33)30(46)57-25-20(56-29(24(25)44)43-15-40-23-26(36)38-14-39-27(23)43)12-54-60(51,52)58-18-10-22(42-9-7-21(35)41-31(42)47)55-19(18)11-53-59(48,49)50/h7,9,14-20,22,24-25,29,44H,4-6,8,10-13,33-34H2,1-3H3,(H,37,45)(H,51,52)(H2,35,41,47)(H2,36,38,39)(H2,48,49,50)/t16-,17-,18-,19+,20+,22+,24+,25+,29+/m0/s1. The number of nitrogens with zero attached hydrogens (tertiary/aromatic N) is 6. The molecule has 13 N–H and O–H groups in total. The van der Waals surface area contributed by atoms with Gasteiger partial charge in [0.25, 0.3) is 0 Å². The van der Waals surface area contributed by atoms with Crippen LogP contribution in [0.1, 0.15) is 58.9 Å². The molecule has 1 unspecified atom stereocenters. The first-order valence-electron chi connectivity index (χ1n) is 18.9. The minimum atomic E-state index is -5.18. The molecule has 2 saturated heterocycles. The number of phosphoric acid groups is 2. The summed E-state index contributed by atoms with van der Waals surface area (Å²) in [6.45, 7) is 4.75. The summed E-state index contributed by atoms with van der Waals surface area (Å²) in [5.74, 6) is -0.921. The van der Waals surface area contributed by atoms with Gasteiger partial charge in [0.15, 0.2) is 23.8 Å². The van der Waals surface area contributed by atoms with Gasteiger partial charge in [-0.05, 0) is 25.3 Å². The second-order valence-corrected chi connectivity index (χ2v) is 20.9. The monoisotopic (exact) mass is 955 g/mol. The molecule has 0 aliphatic carbocycles. The van der Waals surface area contributed by atoms with Crippen molar-refractivity contribution in [2.75, 3.05) is 37.0 Å². The van der Waals surface area contributed by atoms with Gasteiger partial charge in [-0.1, -0.05) is 42.4 Å². The maximum atomic E-state index is 13.4. The third-order valence-corrected chi connectivity index (χ3v) is 14.0. The average Bonchev–Trinajstić information content (AvgIpc) is 3.87. The van der Waals surface area contributed by atoms with Crippen molar-refractivity contribution in [3.05, 3.63) is 35.4 Å². The molecular weight excluding hydrogens is 904 g/mol. The van der Waals surface area contributed by atoms with Crippen LogP contribution in [0.4, 0.5) is 11.6 Å². The normalized spacial score (nSPS) is 25.1. The number of unbranched alkanes of at least 4 members (excludes halogenated alkanes) is 1. The van der Waals surface area contributed by atoms with Crippen molar-refractivity contribution in [1.82, 2.24) is 34.4 Å². The number of fused-ring (bicyclic) bond motifs is 1. The van der Waals surface area contributed by atoms with Gasteiger partial charge in [-0.2, -0.15) is 4.98 Å². The summed E-state index contributed by atoms with van der Waals surface area (Å²) in [5.41, 5.74) is 23.1. The third kappa shape index (κ3) is 13.8. The molecule has 2 aliphatic heterocycles. The average molecular weight is 956 g/mol. The van der Waals surface area contributed by atoms with Gasteiger partial charge in [0.05, 0.1) is 25.6 Å². The third-order valence-electron chi connectivity index (χ3n) is 9.08. The van der Waals surface area contributed by atoms with Gasteiger partial charge in [0.1, 0.15) is 54.3 Å². The van der Waals surface area contributed by atoms with E-state index < -0.39 is 95.6 Å². The lowest BCUT2D eigenvalue weighted by Crippen LogP contribution is -2.43. The lowest BCUT2D eigenvalue weighted by molar-refractivity contribution is -0.158. The zero-order valence-corrected chi connectivity index (χ0v) is 37.1. The van der Waals surface area contributed by atoms with Gasteiger partial charge >= 0.3 is 27.3 Å². The fourth-order valence-corrected chi connectivity index (χ4v) is 9.86. The Kier molecular flexibility index (Phi) is 16.9. The largest absolute Gasteiger partial charge is 0.472 e. The number of carbonyl (C=O) groups excluding carboxylic acids is 2. The molecule has 62 heavy (non-hydrogen) atoms. The minimum absolute atomic E-state index is 0.0131. The second kappa shape index (κ2) is 21.1. The molecule has 26 nitrogen and oxygen atoms in total. The van der Waals surface area contributed by atoms with Crippen molar-refractivity contribution in [3.8, 4) is 0 Å². The molecule has 5 rings (SSSR count). The molecule has 30 heteroatoms. The van der Waals surface area contributed by atoms with Crippen molar-refractivity contribution >= 4 is 71.9 Å². The van der Waals surface area contributed by atoms with Crippen molar-refractivity contribution in [2.24, 2.45) is 11.5 Å². The summed E-state index contributed by atoms with van der Waals surface area (Å²) in [7, 11) is -7.11. The van der Waals surface area contributed by atoms with Crippen LogP contribution in [0.25, 0.3) is 11.2 Å². The zero-order valence-electron chi connectivity index (χ0n) is 33.6. The van der Waals surface area contributed by atoms with Crippen LogP contribution in [-0.2, 0) is 46.5 Å². The highest BCUT2D eigenvalue weighted by atomic mass is 33.1. The van der Waals surface area contributed by atoms with Crippen LogP contribution in [0, 0.1) is 0 Å². The van der Waals surface area contributed by atoms with Crippen LogP contribution in [0.2, 0.25) is 0 Å². The Labute approximate surface area is 361 Å². The van der Waals surface area contributed by atoms with Crippen molar-refractivity contribution < 1.29 is 66.3 Å². The van der Waals surface area contributed by atoms with E-state index in [1.165, 1.54) is 34.0 Å². The molecule has 3 aromatic rings. The first-order chi connectivity index (χ1) is 29.0. The Hall–Kier alpha value is -3.31. The summed E-state index contributed by atoms with van der Waals surface area (Å²) in [6.07, 6.45) is -5.93. The van der Waals surface area contributed by atoms with Gasteiger partial charge in [0.2, 0.25) is 5.91 Å². The molecular formula is C32H51N11O15P2S2. The maximum absolute atomic E-state index is 13.4. The topological polar surface area (TPSA) is 399 Å². The molecule has 0 aromatic carbocycles. The number of aliphatic hydroxyl groups is 1. The SMILES string of the molecule is CC(C)(C)SSC[C@H](N)C(=O)NCCCC[C@H](N)C(=O)O[C@H]1[C@@H](O)[C@H](n2cnc3c(N)ncnc32)O[C@@H]1COP(=O)(O)O[C@H]1C[C@H](n2ccc(N)nc2=O)O[C@@H]1COP(=O)(O)O. The Balaban J connectivity index is 1.23. The molecule has 0 spiro atoms. The number of esters is 1. The van der Waals surface area contributed by atoms with Crippen LogP contribution < -0.4 is 33.9 Å². The Morgan fingerprint density at radius 3 is 2.45 bits per heavy atom. The van der Waals surface area contributed by atoms with E-state index in [2.05, 4.69) is 50.5 Å². The van der Waals surface area contributed by atoms with Gasteiger partial charge in [-0.15, -0.1) is 0 Å². The number of aliphatic hydroxyl groups excluding tert-OH is 1. The van der Waals surface area contributed by atoms with Gasteiger partial charge in [0, 0.05) is 29.7 Å². The number of hydrogen-bond acceptors (Lipinski definition) is 22. The summed E-state index contributed by atoms with van der Waals surface area (Å²) < 4.78 is 59.7. The van der Waals surface area contributed by atoms with E-state index >= 15 is 0 Å². The predicted molar refractivity (Wildman–Crippen MR) is 222 cm³/mol. The quantitative estimate of drug-likeness (QED) is 0.0279. The highest BCUT2D eigenvalue weighted by Gasteiger charge is 2.50. The van der Waals surface area contributed by atoms with E-state index in [0.717, 1.165) is 10.9 Å². The molecule has 0 saturated carbocycles. The lowest BCUT2D eigenvalue weighted by atomic mass is 10.1. The Morgan fingerprint density at radius 1 is 1.03 bits per heavy atom. The molecule has 0 radical (unpaired) electrons. The fourth-order valence-electron chi connectivity index (χ4n) is 6.13. The summed E-state index contributed by atoms with van der Waals surface area (Å²) in [4.78, 5) is 83.4. The highest BCUT2D eigenvalue weighted by molar-refractivity contribution is 8.77. The summed E-state index contributed by atoms with van der Waals surface area (Å²) in [5, 5.41) is 14.3. The first-order valence-corrected chi connectivity index (χ1v) is 24.3. The second-order valence-electron chi connectivity index (χ2n) is 15.1. The van der Waals surface area contributed by atoms with E-state index in [1.54, 1.807) is 10.8 Å². The van der Waals surface area contributed by atoms with E-state index in [1.807, 2.05) is 0 Å². The number of imidazole rings is 1. The molecule has 10 atom stereocenters. The number of nitrogens with one attached hydrogen (secondary N) is 1. The summed E-state index contributed by atoms with van der Waals surface area (Å²) in [6, 6.07) is -0.625. The number of aromatic nitrogens is 6. The molecule has 1 amide bonds. The van der Waals surface area contributed by atoms with Crippen molar-refractivity contribution in [2.45, 2.75) is 106 Å². The highest BCUT2D eigenvalue weighted by Crippen LogP contribution is 2.50. The number of hydrogen-bond donors (Lipinski definition) is 9. The first kappa shape index (κ1) is 49.7. The van der Waals surface area contributed by atoms with Crippen molar-refractivity contribution in [3.63, 3.8) is 0 Å². The minimum Gasteiger partial charge on any atom is -0.455 e. The number of amides is 1. The molecule has 0 bridgehead atoms. The Morgan fingerprint density at radius 2 is 1.76 bits per heavy atom. The number of carbonyl (C=O) groups is 2. The van der Waals surface area contributed by atoms with Crippen molar-refractivity contribution in [1.29, 1.82) is 0 Å². The zero-order chi connectivity index (χ0) is 45.6. The number of anilines is 2. The lowest BCUT2D eigenvalue weighted by Gasteiger charge is -2.24. The van der Waals surface area contributed by atoms with Crippen LogP contribution >= 0.6 is 37.2 Å².